The molecule has 0 radical (unpaired) electrons. The molecule has 4 N–H and O–H groups in total. The number of quaternary nitrogens is 1. The highest BCUT2D eigenvalue weighted by molar-refractivity contribution is 5.84. The molecule has 23 heavy (non-hydrogen) atoms. The van der Waals surface area contributed by atoms with Gasteiger partial charge in [0.15, 0.2) is 6.54 Å². The Morgan fingerprint density at radius 2 is 1.78 bits per heavy atom. The van der Waals surface area contributed by atoms with Gasteiger partial charge in [-0.2, -0.15) is 0 Å². The van der Waals surface area contributed by atoms with E-state index >= 15 is 0 Å². The molecule has 2 amide bonds. The number of likely N-dealkylation sites (N-methyl/N-ethyl adjacent to an activating group) is 1. The van der Waals surface area contributed by atoms with E-state index < -0.39 is 0 Å². The number of carbonyl (C=O) groups is 2. The van der Waals surface area contributed by atoms with Gasteiger partial charge >= 0.3 is 0 Å². The van der Waals surface area contributed by atoms with E-state index in [4.69, 9.17) is 0 Å². The molecule has 128 valence electrons. The van der Waals surface area contributed by atoms with Crippen LogP contribution in [0.3, 0.4) is 0 Å². The third-order valence-electron chi connectivity index (χ3n) is 3.90. The van der Waals surface area contributed by atoms with Crippen LogP contribution in [0.4, 0.5) is 0 Å². The van der Waals surface area contributed by atoms with Crippen LogP contribution in [0.25, 0.3) is 0 Å². The quantitative estimate of drug-likeness (QED) is 0.628. The predicted molar refractivity (Wildman–Crippen MR) is 91.9 cm³/mol. The van der Waals surface area contributed by atoms with E-state index in [1.807, 2.05) is 5.32 Å². The maximum absolute atomic E-state index is 11.8. The first-order chi connectivity index (χ1) is 11.0. The van der Waals surface area contributed by atoms with Crippen molar-refractivity contribution in [3.63, 3.8) is 0 Å². The van der Waals surface area contributed by atoms with Gasteiger partial charge in [0, 0.05) is 18.5 Å². The van der Waals surface area contributed by atoms with Crippen molar-refractivity contribution in [2.75, 3.05) is 20.1 Å². The summed E-state index contributed by atoms with van der Waals surface area (Å²) in [7, 11) is 1.55. The van der Waals surface area contributed by atoms with Gasteiger partial charge in [-0.1, -0.05) is 51.5 Å². The Hall–Kier alpha value is -1.88. The van der Waals surface area contributed by atoms with Gasteiger partial charge in [-0.05, 0) is 12.0 Å². The molecule has 1 atom stereocenters. The van der Waals surface area contributed by atoms with Crippen molar-refractivity contribution in [2.45, 2.75) is 39.7 Å². The van der Waals surface area contributed by atoms with Crippen LogP contribution in [0.2, 0.25) is 0 Å². The zero-order valence-electron chi connectivity index (χ0n) is 14.7. The maximum Gasteiger partial charge on any atom is 0.275 e. The molecule has 1 rings (SSSR count). The third-order valence-corrected chi connectivity index (χ3v) is 3.90. The van der Waals surface area contributed by atoms with E-state index in [0.717, 1.165) is 12.8 Å². The highest BCUT2D eigenvalue weighted by Gasteiger charge is 2.20. The van der Waals surface area contributed by atoms with Crippen LogP contribution in [0.15, 0.2) is 24.3 Å². The molecule has 5 nitrogen and oxygen atoms in total. The second-order valence-electron chi connectivity index (χ2n) is 6.15. The van der Waals surface area contributed by atoms with Crippen LogP contribution >= 0.6 is 0 Å². The molecule has 5 heteroatoms. The van der Waals surface area contributed by atoms with E-state index in [0.29, 0.717) is 12.5 Å². The van der Waals surface area contributed by atoms with Crippen molar-refractivity contribution in [1.82, 2.24) is 10.6 Å². The first kappa shape index (κ1) is 19.2. The lowest BCUT2D eigenvalue weighted by molar-refractivity contribution is -0.692. The molecule has 0 unspecified atom stereocenters. The Labute approximate surface area is 139 Å². The predicted octanol–water partition coefficient (Wildman–Crippen LogP) is 0.762. The van der Waals surface area contributed by atoms with Crippen LogP contribution < -0.4 is 16.0 Å². The van der Waals surface area contributed by atoms with Crippen molar-refractivity contribution in [1.29, 1.82) is 0 Å². The van der Waals surface area contributed by atoms with Gasteiger partial charge in [0.25, 0.3) is 5.91 Å². The highest BCUT2D eigenvalue weighted by atomic mass is 16.2. The summed E-state index contributed by atoms with van der Waals surface area (Å²) in [6.07, 6.45) is 2.24. The van der Waals surface area contributed by atoms with Crippen molar-refractivity contribution < 1.29 is 14.9 Å². The van der Waals surface area contributed by atoms with Gasteiger partial charge in [-0.3, -0.25) is 9.59 Å². The van der Waals surface area contributed by atoms with E-state index in [1.165, 1.54) is 11.1 Å². The molecule has 0 spiro atoms. The Morgan fingerprint density at radius 3 is 2.30 bits per heavy atom. The molecule has 0 aliphatic rings. The van der Waals surface area contributed by atoms with Gasteiger partial charge in [0.1, 0.15) is 6.04 Å². The monoisotopic (exact) mass is 320 g/mol. The number of nitrogens with one attached hydrogen (secondary N) is 2. The fourth-order valence-corrected chi connectivity index (χ4v) is 2.56. The summed E-state index contributed by atoms with van der Waals surface area (Å²) < 4.78 is 0. The zero-order valence-corrected chi connectivity index (χ0v) is 14.7. The standard InChI is InChI=1S/C18H29N3O2/c1-5-6-14-7-9-15(10-8-14)18(13(2)3)21-12-17(23)20-11-16(22)19-4/h7-10,13,18,21H,5-6,11-12H2,1-4H3,(H,19,22)(H,20,23)/p+1/t18-/m1/s1. The number of aryl methyl sites for hydroxylation is 1. The van der Waals surface area contributed by atoms with Crippen LogP contribution in [0, 0.1) is 5.92 Å². The molecule has 0 aliphatic carbocycles. The lowest BCUT2D eigenvalue weighted by Crippen LogP contribution is -2.88. The second kappa shape index (κ2) is 10.0. The lowest BCUT2D eigenvalue weighted by atomic mass is 9.94. The minimum Gasteiger partial charge on any atom is -0.358 e. The van der Waals surface area contributed by atoms with E-state index in [9.17, 15) is 9.59 Å². The summed E-state index contributed by atoms with van der Waals surface area (Å²) in [5.74, 6) is 0.103. The SMILES string of the molecule is CCCc1ccc([C@H]([NH2+]CC(=O)NCC(=O)NC)C(C)C)cc1. The molecule has 0 saturated carbocycles. The number of rotatable bonds is 9. The smallest absolute Gasteiger partial charge is 0.275 e. The highest BCUT2D eigenvalue weighted by Crippen LogP contribution is 2.18. The van der Waals surface area contributed by atoms with E-state index in [-0.39, 0.29) is 24.4 Å². The Morgan fingerprint density at radius 1 is 1.13 bits per heavy atom. The summed E-state index contributed by atoms with van der Waals surface area (Å²) in [5, 5.41) is 7.14. The molecular formula is C18H30N3O2+. The fraction of sp³-hybridized carbons (Fsp3) is 0.556. The minimum absolute atomic E-state index is 0.0290. The second-order valence-corrected chi connectivity index (χ2v) is 6.15. The van der Waals surface area contributed by atoms with Gasteiger partial charge in [0.2, 0.25) is 5.91 Å². The van der Waals surface area contributed by atoms with Gasteiger partial charge in [-0.15, -0.1) is 0 Å². The third kappa shape index (κ3) is 6.82. The summed E-state index contributed by atoms with van der Waals surface area (Å²) >= 11 is 0. The van der Waals surface area contributed by atoms with Crippen LogP contribution in [0.1, 0.15) is 44.4 Å². The topological polar surface area (TPSA) is 74.8 Å². The normalized spacial score (nSPS) is 12.0. The largest absolute Gasteiger partial charge is 0.358 e. The van der Waals surface area contributed by atoms with Gasteiger partial charge in [0.05, 0.1) is 6.54 Å². The molecule has 0 aromatic heterocycles. The van der Waals surface area contributed by atoms with Crippen LogP contribution in [-0.4, -0.2) is 32.0 Å². The lowest BCUT2D eigenvalue weighted by Gasteiger charge is -2.19. The Balaban J connectivity index is 2.58. The Kier molecular flexibility index (Phi) is 8.33. The first-order valence-electron chi connectivity index (χ1n) is 8.37. The molecule has 1 aromatic rings. The molecule has 0 aliphatic heterocycles. The fourth-order valence-electron chi connectivity index (χ4n) is 2.56. The van der Waals surface area contributed by atoms with E-state index in [2.05, 4.69) is 55.7 Å². The summed E-state index contributed by atoms with van der Waals surface area (Å²) in [5.41, 5.74) is 2.58. The molecule has 0 fully saturated rings. The number of carbonyl (C=O) groups excluding carboxylic acids is 2. The molecule has 0 bridgehead atoms. The maximum atomic E-state index is 11.8. The van der Waals surface area contributed by atoms with Crippen LogP contribution in [-0.2, 0) is 16.0 Å². The van der Waals surface area contributed by atoms with Crippen LogP contribution in [0.5, 0.6) is 0 Å². The number of hydrogen-bond donors (Lipinski definition) is 3. The minimum atomic E-state index is -0.190. The van der Waals surface area contributed by atoms with Crippen molar-refractivity contribution in [3.05, 3.63) is 35.4 Å². The van der Waals surface area contributed by atoms with Crippen molar-refractivity contribution >= 4 is 11.8 Å². The molecular weight excluding hydrogens is 290 g/mol. The summed E-state index contributed by atoms with van der Waals surface area (Å²) in [4.78, 5) is 23.0. The molecule has 1 aromatic carbocycles. The average Bonchev–Trinajstić information content (AvgIpc) is 2.54. The van der Waals surface area contributed by atoms with Crippen molar-refractivity contribution in [3.8, 4) is 0 Å². The number of amides is 2. The average molecular weight is 320 g/mol. The zero-order chi connectivity index (χ0) is 17.2. The van der Waals surface area contributed by atoms with Gasteiger partial charge in [-0.25, -0.2) is 0 Å². The summed E-state index contributed by atoms with van der Waals surface area (Å²) in [6.45, 7) is 6.83. The van der Waals surface area contributed by atoms with Crippen molar-refractivity contribution in [2.24, 2.45) is 5.92 Å². The van der Waals surface area contributed by atoms with Gasteiger partial charge < -0.3 is 16.0 Å². The number of nitrogens with two attached hydrogens (primary N) is 1. The summed E-state index contributed by atoms with van der Waals surface area (Å²) in [6, 6.07) is 8.90. The van der Waals surface area contributed by atoms with E-state index in [1.54, 1.807) is 7.05 Å². The molecule has 0 saturated heterocycles. The number of hydrogen-bond acceptors (Lipinski definition) is 2. The first-order valence-corrected chi connectivity index (χ1v) is 8.37. The number of benzene rings is 1. The molecule has 0 heterocycles. The Bertz CT molecular complexity index is 497.